The predicted octanol–water partition coefficient (Wildman–Crippen LogP) is 0.663. The maximum atomic E-state index is 11.2. The lowest BCUT2D eigenvalue weighted by Gasteiger charge is -2.22. The van der Waals surface area contributed by atoms with Crippen molar-refractivity contribution in [2.45, 2.75) is 58.0 Å². The Morgan fingerprint density at radius 2 is 2.11 bits per heavy atom. The van der Waals surface area contributed by atoms with E-state index in [2.05, 4.69) is 9.55 Å². The maximum absolute atomic E-state index is 11.2. The molecule has 18 heavy (non-hydrogen) atoms. The monoisotopic (exact) mass is 250 g/mol. The smallest absolute Gasteiger partial charge is 0.237 e. The Kier molecular flexibility index (Phi) is 3.43. The summed E-state index contributed by atoms with van der Waals surface area (Å²) < 4.78 is 2.20. The van der Waals surface area contributed by atoms with Crippen LogP contribution in [-0.2, 0) is 24.2 Å². The van der Waals surface area contributed by atoms with Gasteiger partial charge in [-0.05, 0) is 46.0 Å². The number of amides is 1. The van der Waals surface area contributed by atoms with Gasteiger partial charge < -0.3 is 16.0 Å². The van der Waals surface area contributed by atoms with Gasteiger partial charge in [-0.15, -0.1) is 0 Å². The third-order valence-corrected chi connectivity index (χ3v) is 3.84. The van der Waals surface area contributed by atoms with Crippen molar-refractivity contribution in [3.8, 4) is 0 Å². The van der Waals surface area contributed by atoms with Crippen molar-refractivity contribution in [2.75, 3.05) is 0 Å². The Morgan fingerprint density at radius 1 is 1.44 bits per heavy atom. The molecule has 0 fully saturated rings. The number of fused-ring (bicyclic) bond motifs is 1. The summed E-state index contributed by atoms with van der Waals surface area (Å²) in [5.74, 6) is 0.566. The van der Waals surface area contributed by atoms with Crippen molar-refractivity contribution in [1.29, 1.82) is 0 Å². The Morgan fingerprint density at radius 3 is 2.78 bits per heavy atom. The average molecular weight is 250 g/mol. The molecule has 4 N–H and O–H groups in total. The number of hydrogen-bond donors (Lipinski definition) is 2. The van der Waals surface area contributed by atoms with E-state index in [1.807, 2.05) is 6.92 Å². The standard InChI is InChI=1S/C13H22N4O/c1-9-16-10-5-3-4-6-11(10)17(9)8-7-13(2,15)12(14)18/h3-8,15H2,1-2H3,(H2,14,18). The molecule has 1 amide bonds. The fourth-order valence-electron chi connectivity index (χ4n) is 2.50. The Labute approximate surface area is 108 Å². The van der Waals surface area contributed by atoms with E-state index in [1.165, 1.54) is 24.2 Å². The van der Waals surface area contributed by atoms with Gasteiger partial charge in [-0.2, -0.15) is 0 Å². The van der Waals surface area contributed by atoms with E-state index in [9.17, 15) is 4.79 Å². The normalized spacial score (nSPS) is 18.2. The fraction of sp³-hybridized carbons (Fsp3) is 0.692. The Hall–Kier alpha value is -1.36. The molecule has 1 heterocycles. The molecule has 0 bridgehead atoms. The molecule has 5 heteroatoms. The second kappa shape index (κ2) is 4.72. The van der Waals surface area contributed by atoms with Gasteiger partial charge in [0.05, 0.1) is 11.2 Å². The molecule has 0 saturated carbocycles. The van der Waals surface area contributed by atoms with Gasteiger partial charge in [-0.25, -0.2) is 4.98 Å². The van der Waals surface area contributed by atoms with E-state index in [1.54, 1.807) is 6.92 Å². The average Bonchev–Trinajstić information content (AvgIpc) is 2.62. The van der Waals surface area contributed by atoms with Crippen molar-refractivity contribution in [3.05, 3.63) is 17.2 Å². The SMILES string of the molecule is Cc1nc2c(n1CCC(C)(N)C(N)=O)CCCC2. The van der Waals surface area contributed by atoms with E-state index < -0.39 is 11.4 Å². The molecule has 0 spiro atoms. The first-order valence-corrected chi connectivity index (χ1v) is 6.55. The summed E-state index contributed by atoms with van der Waals surface area (Å²) in [7, 11) is 0. The van der Waals surface area contributed by atoms with Gasteiger partial charge >= 0.3 is 0 Å². The molecule has 1 unspecified atom stereocenters. The van der Waals surface area contributed by atoms with Crippen LogP contribution in [0.5, 0.6) is 0 Å². The van der Waals surface area contributed by atoms with E-state index in [4.69, 9.17) is 11.5 Å². The van der Waals surface area contributed by atoms with Crippen LogP contribution in [0.15, 0.2) is 0 Å². The number of aryl methyl sites for hydroxylation is 2. The Balaban J connectivity index is 2.15. The summed E-state index contributed by atoms with van der Waals surface area (Å²) in [6.07, 6.45) is 5.13. The molecular formula is C13H22N4O. The quantitative estimate of drug-likeness (QED) is 0.823. The molecule has 0 radical (unpaired) electrons. The molecule has 5 nitrogen and oxygen atoms in total. The fourth-order valence-corrected chi connectivity index (χ4v) is 2.50. The van der Waals surface area contributed by atoms with Crippen LogP contribution in [0.1, 0.15) is 43.4 Å². The summed E-state index contributed by atoms with van der Waals surface area (Å²) in [5.41, 5.74) is 12.8. The molecule has 1 aliphatic rings. The number of imidazole rings is 1. The highest BCUT2D eigenvalue weighted by Gasteiger charge is 2.26. The van der Waals surface area contributed by atoms with Crippen molar-refractivity contribution in [3.63, 3.8) is 0 Å². The lowest BCUT2D eigenvalue weighted by Crippen LogP contribution is -2.49. The zero-order chi connectivity index (χ0) is 13.3. The van der Waals surface area contributed by atoms with Gasteiger partial charge in [0.25, 0.3) is 0 Å². The van der Waals surface area contributed by atoms with Gasteiger partial charge in [0.2, 0.25) is 5.91 Å². The van der Waals surface area contributed by atoms with Crippen LogP contribution in [0.2, 0.25) is 0 Å². The molecule has 0 aromatic carbocycles. The van der Waals surface area contributed by atoms with Gasteiger partial charge in [0.1, 0.15) is 5.82 Å². The Bertz CT molecular complexity index is 462. The minimum absolute atomic E-state index is 0.450. The van der Waals surface area contributed by atoms with Crippen molar-refractivity contribution < 1.29 is 4.79 Å². The van der Waals surface area contributed by atoms with Crippen LogP contribution in [0.4, 0.5) is 0 Å². The number of primary amides is 1. The van der Waals surface area contributed by atoms with Crippen LogP contribution in [0.3, 0.4) is 0 Å². The molecular weight excluding hydrogens is 228 g/mol. The van der Waals surface area contributed by atoms with Crippen LogP contribution in [-0.4, -0.2) is 21.0 Å². The minimum atomic E-state index is -0.946. The summed E-state index contributed by atoms with van der Waals surface area (Å²) >= 11 is 0. The highest BCUT2D eigenvalue weighted by Crippen LogP contribution is 2.23. The number of rotatable bonds is 4. The van der Waals surface area contributed by atoms with E-state index >= 15 is 0 Å². The topological polar surface area (TPSA) is 86.9 Å². The minimum Gasteiger partial charge on any atom is -0.368 e. The van der Waals surface area contributed by atoms with Gasteiger partial charge in [-0.3, -0.25) is 4.79 Å². The predicted molar refractivity (Wildman–Crippen MR) is 70.0 cm³/mol. The second-order valence-corrected chi connectivity index (χ2v) is 5.44. The highest BCUT2D eigenvalue weighted by atomic mass is 16.1. The van der Waals surface area contributed by atoms with E-state index in [0.717, 1.165) is 18.7 Å². The number of nitrogens with two attached hydrogens (primary N) is 2. The third kappa shape index (κ3) is 2.41. The van der Waals surface area contributed by atoms with Crippen molar-refractivity contribution in [1.82, 2.24) is 9.55 Å². The maximum Gasteiger partial charge on any atom is 0.237 e. The van der Waals surface area contributed by atoms with E-state index in [-0.39, 0.29) is 0 Å². The number of carbonyl (C=O) groups is 1. The van der Waals surface area contributed by atoms with Crippen LogP contribution in [0.25, 0.3) is 0 Å². The van der Waals surface area contributed by atoms with Crippen molar-refractivity contribution in [2.24, 2.45) is 11.5 Å². The van der Waals surface area contributed by atoms with Crippen LogP contribution < -0.4 is 11.5 Å². The molecule has 2 rings (SSSR count). The lowest BCUT2D eigenvalue weighted by atomic mass is 9.97. The van der Waals surface area contributed by atoms with Crippen LogP contribution in [0, 0.1) is 6.92 Å². The molecule has 1 aromatic rings. The molecule has 1 atom stereocenters. The van der Waals surface area contributed by atoms with Crippen molar-refractivity contribution >= 4 is 5.91 Å². The molecule has 0 aliphatic heterocycles. The lowest BCUT2D eigenvalue weighted by molar-refractivity contribution is -0.122. The zero-order valence-corrected chi connectivity index (χ0v) is 11.2. The second-order valence-electron chi connectivity index (χ2n) is 5.44. The third-order valence-electron chi connectivity index (χ3n) is 3.84. The number of aromatic nitrogens is 2. The first-order valence-electron chi connectivity index (χ1n) is 6.55. The first kappa shape index (κ1) is 13.1. The summed E-state index contributed by atoms with van der Waals surface area (Å²) in [5, 5.41) is 0. The molecule has 1 aromatic heterocycles. The highest BCUT2D eigenvalue weighted by molar-refractivity contribution is 5.83. The largest absolute Gasteiger partial charge is 0.368 e. The van der Waals surface area contributed by atoms with Crippen LogP contribution >= 0.6 is 0 Å². The molecule has 100 valence electrons. The molecule has 0 saturated heterocycles. The van der Waals surface area contributed by atoms with E-state index in [0.29, 0.717) is 13.0 Å². The number of carbonyl (C=O) groups excluding carboxylic acids is 1. The summed E-state index contributed by atoms with van der Waals surface area (Å²) in [6, 6.07) is 0. The first-order chi connectivity index (χ1) is 8.42. The van der Waals surface area contributed by atoms with Gasteiger partial charge in [0, 0.05) is 12.2 Å². The summed E-state index contributed by atoms with van der Waals surface area (Å²) in [4.78, 5) is 15.8. The van der Waals surface area contributed by atoms with Gasteiger partial charge in [0.15, 0.2) is 0 Å². The number of hydrogen-bond acceptors (Lipinski definition) is 3. The summed E-state index contributed by atoms with van der Waals surface area (Å²) in [6.45, 7) is 4.41. The zero-order valence-electron chi connectivity index (χ0n) is 11.2. The number of nitrogens with zero attached hydrogens (tertiary/aromatic N) is 2. The van der Waals surface area contributed by atoms with Gasteiger partial charge in [-0.1, -0.05) is 0 Å². The molecule has 1 aliphatic carbocycles.